The standard InChI is InChI=1S/C18H13Cl2N3O2/c19-14-8-6-12(15(20)10-14)7-9-16(24)21-11-17-22-18(23-25-17)13-4-2-1-3-5-13/h1-10H,11H2,(H,21,24)/b9-7+. The molecule has 25 heavy (non-hydrogen) atoms. The third-order valence-electron chi connectivity index (χ3n) is 3.29. The van der Waals surface area contributed by atoms with E-state index in [0.717, 1.165) is 5.56 Å². The van der Waals surface area contributed by atoms with Crippen molar-refractivity contribution >= 4 is 35.2 Å². The summed E-state index contributed by atoms with van der Waals surface area (Å²) < 4.78 is 5.13. The van der Waals surface area contributed by atoms with Gasteiger partial charge in [0.1, 0.15) is 0 Å². The molecule has 0 aliphatic carbocycles. The van der Waals surface area contributed by atoms with Gasteiger partial charge in [-0.25, -0.2) is 0 Å². The Morgan fingerprint density at radius 3 is 2.72 bits per heavy atom. The van der Waals surface area contributed by atoms with E-state index in [0.29, 0.717) is 27.3 Å². The fourth-order valence-electron chi connectivity index (χ4n) is 2.05. The van der Waals surface area contributed by atoms with Crippen LogP contribution in [-0.4, -0.2) is 16.0 Å². The summed E-state index contributed by atoms with van der Waals surface area (Å²) in [5.41, 5.74) is 1.55. The lowest BCUT2D eigenvalue weighted by Gasteiger charge is -1.99. The first-order valence-corrected chi connectivity index (χ1v) is 8.16. The summed E-state index contributed by atoms with van der Waals surface area (Å²) in [5.74, 6) is 0.504. The Kier molecular flexibility index (Phi) is 5.48. The summed E-state index contributed by atoms with van der Waals surface area (Å²) in [6, 6.07) is 14.5. The van der Waals surface area contributed by atoms with Crippen LogP contribution in [-0.2, 0) is 11.3 Å². The Morgan fingerprint density at radius 1 is 1.16 bits per heavy atom. The number of benzene rings is 2. The lowest BCUT2D eigenvalue weighted by Crippen LogP contribution is -2.20. The summed E-state index contributed by atoms with van der Waals surface area (Å²) in [4.78, 5) is 16.1. The second kappa shape index (κ2) is 7.96. The topological polar surface area (TPSA) is 68.0 Å². The number of aromatic nitrogens is 2. The third-order valence-corrected chi connectivity index (χ3v) is 3.85. The van der Waals surface area contributed by atoms with Gasteiger partial charge in [-0.3, -0.25) is 4.79 Å². The highest BCUT2D eigenvalue weighted by Gasteiger charge is 2.08. The van der Waals surface area contributed by atoms with Gasteiger partial charge < -0.3 is 9.84 Å². The molecule has 0 saturated carbocycles. The van der Waals surface area contributed by atoms with Crippen molar-refractivity contribution in [3.63, 3.8) is 0 Å². The molecule has 0 saturated heterocycles. The highest BCUT2D eigenvalue weighted by atomic mass is 35.5. The average molecular weight is 374 g/mol. The third kappa shape index (κ3) is 4.68. The van der Waals surface area contributed by atoms with E-state index in [1.54, 1.807) is 24.3 Å². The van der Waals surface area contributed by atoms with Gasteiger partial charge in [-0.2, -0.15) is 4.98 Å². The number of amides is 1. The Labute approximate surface area is 154 Å². The highest BCUT2D eigenvalue weighted by Crippen LogP contribution is 2.22. The number of nitrogens with zero attached hydrogens (tertiary/aromatic N) is 2. The van der Waals surface area contributed by atoms with Crippen molar-refractivity contribution in [3.05, 3.63) is 76.1 Å². The highest BCUT2D eigenvalue weighted by molar-refractivity contribution is 6.35. The van der Waals surface area contributed by atoms with Crippen LogP contribution in [0, 0.1) is 0 Å². The predicted molar refractivity (Wildman–Crippen MR) is 97.1 cm³/mol. The number of carbonyl (C=O) groups excluding carboxylic acids is 1. The van der Waals surface area contributed by atoms with Crippen molar-refractivity contribution < 1.29 is 9.32 Å². The van der Waals surface area contributed by atoms with Gasteiger partial charge in [0.25, 0.3) is 0 Å². The zero-order chi connectivity index (χ0) is 17.6. The van der Waals surface area contributed by atoms with Crippen LogP contribution in [0.2, 0.25) is 10.0 Å². The first kappa shape index (κ1) is 17.2. The molecule has 7 heteroatoms. The minimum Gasteiger partial charge on any atom is -0.343 e. The molecule has 0 unspecified atom stereocenters. The first-order chi connectivity index (χ1) is 12.1. The minimum atomic E-state index is -0.300. The molecule has 1 amide bonds. The van der Waals surface area contributed by atoms with Crippen LogP contribution in [0.1, 0.15) is 11.5 Å². The first-order valence-electron chi connectivity index (χ1n) is 7.41. The van der Waals surface area contributed by atoms with E-state index >= 15 is 0 Å². The van der Waals surface area contributed by atoms with Crippen LogP contribution < -0.4 is 5.32 Å². The lowest BCUT2D eigenvalue weighted by molar-refractivity contribution is -0.116. The van der Waals surface area contributed by atoms with E-state index in [9.17, 15) is 4.79 Å². The maximum Gasteiger partial charge on any atom is 0.246 e. The van der Waals surface area contributed by atoms with Crippen molar-refractivity contribution in [2.75, 3.05) is 0 Å². The molecule has 5 nitrogen and oxygen atoms in total. The monoisotopic (exact) mass is 373 g/mol. The number of carbonyl (C=O) groups is 1. The van der Waals surface area contributed by atoms with Crippen LogP contribution in [0.3, 0.4) is 0 Å². The number of hydrogen-bond donors (Lipinski definition) is 1. The van der Waals surface area contributed by atoms with Gasteiger partial charge in [-0.05, 0) is 23.8 Å². The van der Waals surface area contributed by atoms with Gasteiger partial charge >= 0.3 is 0 Å². The number of hydrogen-bond acceptors (Lipinski definition) is 4. The number of halogens is 2. The van der Waals surface area contributed by atoms with Crippen molar-refractivity contribution in [3.8, 4) is 11.4 Å². The quantitative estimate of drug-likeness (QED) is 0.674. The second-order valence-electron chi connectivity index (χ2n) is 5.09. The molecule has 3 aromatic rings. The second-order valence-corrected chi connectivity index (χ2v) is 5.94. The number of rotatable bonds is 5. The number of nitrogens with one attached hydrogen (secondary N) is 1. The molecule has 2 aromatic carbocycles. The van der Waals surface area contributed by atoms with Crippen LogP contribution in [0.25, 0.3) is 17.5 Å². The summed E-state index contributed by atoms with van der Waals surface area (Å²) in [7, 11) is 0. The Bertz CT molecular complexity index is 908. The molecule has 0 bridgehead atoms. The van der Waals surface area contributed by atoms with Gasteiger partial charge in [0.05, 0.1) is 6.54 Å². The maximum absolute atomic E-state index is 11.9. The maximum atomic E-state index is 11.9. The molecule has 1 aromatic heterocycles. The van der Waals surface area contributed by atoms with E-state index in [2.05, 4.69) is 15.5 Å². The van der Waals surface area contributed by atoms with Crippen molar-refractivity contribution in [1.29, 1.82) is 0 Å². The van der Waals surface area contributed by atoms with Gasteiger partial charge in [-0.1, -0.05) is 64.8 Å². The van der Waals surface area contributed by atoms with Crippen LogP contribution in [0.4, 0.5) is 0 Å². The SMILES string of the molecule is O=C(/C=C/c1ccc(Cl)cc1Cl)NCc1nc(-c2ccccc2)no1. The van der Waals surface area contributed by atoms with E-state index in [-0.39, 0.29) is 12.5 Å². The summed E-state index contributed by atoms with van der Waals surface area (Å²) in [6.45, 7) is 0.136. The normalized spacial score (nSPS) is 11.0. The summed E-state index contributed by atoms with van der Waals surface area (Å²) in [6.07, 6.45) is 2.99. The molecule has 1 N–H and O–H groups in total. The van der Waals surface area contributed by atoms with Gasteiger partial charge in [0, 0.05) is 21.7 Å². The van der Waals surface area contributed by atoms with Crippen molar-refractivity contribution in [2.45, 2.75) is 6.54 Å². The fourth-order valence-corrected chi connectivity index (χ4v) is 2.53. The van der Waals surface area contributed by atoms with Crippen LogP contribution >= 0.6 is 23.2 Å². The van der Waals surface area contributed by atoms with Gasteiger partial charge in [0.2, 0.25) is 17.6 Å². The van der Waals surface area contributed by atoms with Crippen molar-refractivity contribution in [1.82, 2.24) is 15.5 Å². The molecule has 0 aliphatic rings. The van der Waals surface area contributed by atoms with Crippen molar-refractivity contribution in [2.24, 2.45) is 0 Å². The van der Waals surface area contributed by atoms with E-state index < -0.39 is 0 Å². The summed E-state index contributed by atoms with van der Waals surface area (Å²) >= 11 is 11.9. The van der Waals surface area contributed by atoms with Crippen LogP contribution in [0.5, 0.6) is 0 Å². The molecule has 1 heterocycles. The van der Waals surface area contributed by atoms with E-state index in [1.165, 1.54) is 6.08 Å². The minimum absolute atomic E-state index is 0.136. The molecule has 0 aliphatic heterocycles. The largest absolute Gasteiger partial charge is 0.343 e. The Morgan fingerprint density at radius 2 is 1.96 bits per heavy atom. The smallest absolute Gasteiger partial charge is 0.246 e. The van der Waals surface area contributed by atoms with Gasteiger partial charge in [-0.15, -0.1) is 0 Å². The Balaban J connectivity index is 1.57. The molecule has 0 spiro atoms. The zero-order valence-corrected chi connectivity index (χ0v) is 14.5. The molecule has 126 valence electrons. The average Bonchev–Trinajstić information content (AvgIpc) is 3.09. The molecule has 0 atom stereocenters. The van der Waals surface area contributed by atoms with E-state index in [4.69, 9.17) is 27.7 Å². The molecule has 3 rings (SSSR count). The Hall–Kier alpha value is -2.63. The molecule has 0 fully saturated rings. The van der Waals surface area contributed by atoms with Crippen LogP contribution in [0.15, 0.2) is 59.1 Å². The molecular formula is C18H13Cl2N3O2. The fraction of sp³-hybridized carbons (Fsp3) is 0.0556. The predicted octanol–water partition coefficient (Wildman–Crippen LogP) is 4.37. The zero-order valence-electron chi connectivity index (χ0n) is 12.9. The lowest BCUT2D eigenvalue weighted by atomic mass is 10.2. The molecule has 0 radical (unpaired) electrons. The summed E-state index contributed by atoms with van der Waals surface area (Å²) in [5, 5.41) is 7.58. The van der Waals surface area contributed by atoms with Gasteiger partial charge in [0.15, 0.2) is 0 Å². The molecular weight excluding hydrogens is 361 g/mol. The van der Waals surface area contributed by atoms with E-state index in [1.807, 2.05) is 30.3 Å².